The highest BCUT2D eigenvalue weighted by Crippen LogP contribution is 2.27. The van der Waals surface area contributed by atoms with Crippen LogP contribution in [-0.4, -0.2) is 28.9 Å². The molecule has 2 amide bonds. The van der Waals surface area contributed by atoms with Crippen LogP contribution in [0.4, 0.5) is 10.1 Å². The SMILES string of the molecule is CCCC[C@@H](C[C@@H](CCc1ccc(-c2ccc(F)cc2)cc1)C(=O)N[C@H](C(=O)Nc1ccccc1)C(C)(C)C)C(=O)O. The van der Waals surface area contributed by atoms with E-state index >= 15 is 0 Å². The lowest BCUT2D eigenvalue weighted by Crippen LogP contribution is -2.53. The van der Waals surface area contributed by atoms with Gasteiger partial charge in [0, 0.05) is 11.6 Å². The molecule has 224 valence electrons. The highest BCUT2D eigenvalue weighted by Gasteiger charge is 2.35. The van der Waals surface area contributed by atoms with Gasteiger partial charge in [0.25, 0.3) is 0 Å². The molecule has 0 heterocycles. The number of carbonyl (C=O) groups is 3. The summed E-state index contributed by atoms with van der Waals surface area (Å²) in [5.74, 6) is -3.06. The molecule has 0 aliphatic rings. The number of anilines is 1. The summed E-state index contributed by atoms with van der Waals surface area (Å²) in [6.45, 7) is 7.68. The van der Waals surface area contributed by atoms with Crippen molar-refractivity contribution in [2.45, 2.75) is 72.3 Å². The predicted octanol–water partition coefficient (Wildman–Crippen LogP) is 7.49. The Bertz CT molecular complexity index is 1300. The fourth-order valence-electron chi connectivity index (χ4n) is 5.01. The number of aryl methyl sites for hydroxylation is 1. The monoisotopic (exact) mass is 574 g/mol. The second-order valence-electron chi connectivity index (χ2n) is 12.0. The van der Waals surface area contributed by atoms with E-state index in [9.17, 15) is 23.9 Å². The predicted molar refractivity (Wildman–Crippen MR) is 165 cm³/mol. The molecule has 6 nitrogen and oxygen atoms in total. The highest BCUT2D eigenvalue weighted by molar-refractivity contribution is 5.98. The first-order valence-corrected chi connectivity index (χ1v) is 14.7. The van der Waals surface area contributed by atoms with Gasteiger partial charge in [-0.1, -0.05) is 95.1 Å². The average molecular weight is 575 g/mol. The van der Waals surface area contributed by atoms with Gasteiger partial charge in [-0.25, -0.2) is 4.39 Å². The van der Waals surface area contributed by atoms with E-state index in [1.54, 1.807) is 24.3 Å². The number of amides is 2. The van der Waals surface area contributed by atoms with Crippen molar-refractivity contribution in [1.82, 2.24) is 5.32 Å². The molecule has 0 aliphatic heterocycles. The Balaban J connectivity index is 1.78. The third kappa shape index (κ3) is 9.82. The summed E-state index contributed by atoms with van der Waals surface area (Å²) in [6.07, 6.45) is 3.34. The van der Waals surface area contributed by atoms with E-state index in [1.807, 2.05) is 70.2 Å². The van der Waals surface area contributed by atoms with Gasteiger partial charge < -0.3 is 15.7 Å². The Morgan fingerprint density at radius 1 is 0.810 bits per heavy atom. The van der Waals surface area contributed by atoms with Crippen LogP contribution in [0.25, 0.3) is 11.1 Å². The number of nitrogens with one attached hydrogen (secondary N) is 2. The smallest absolute Gasteiger partial charge is 0.306 e. The molecule has 3 aromatic rings. The first-order valence-electron chi connectivity index (χ1n) is 14.7. The third-order valence-corrected chi connectivity index (χ3v) is 7.56. The number of halogens is 1. The maximum absolute atomic E-state index is 13.8. The van der Waals surface area contributed by atoms with E-state index in [1.165, 1.54) is 12.1 Å². The van der Waals surface area contributed by atoms with Gasteiger partial charge in [-0.15, -0.1) is 0 Å². The molecule has 0 aliphatic carbocycles. The van der Waals surface area contributed by atoms with E-state index in [0.29, 0.717) is 24.9 Å². The number of unbranched alkanes of at least 4 members (excludes halogenated alkanes) is 1. The van der Waals surface area contributed by atoms with Crippen molar-refractivity contribution in [2.75, 3.05) is 5.32 Å². The summed E-state index contributed by atoms with van der Waals surface area (Å²) in [5.41, 5.74) is 2.92. The van der Waals surface area contributed by atoms with Crippen LogP contribution in [0.3, 0.4) is 0 Å². The number of hydrogen-bond donors (Lipinski definition) is 3. The van der Waals surface area contributed by atoms with Crippen LogP contribution in [-0.2, 0) is 20.8 Å². The Morgan fingerprint density at radius 2 is 1.40 bits per heavy atom. The zero-order valence-electron chi connectivity index (χ0n) is 25.0. The molecule has 42 heavy (non-hydrogen) atoms. The molecule has 3 atom stereocenters. The van der Waals surface area contributed by atoms with Crippen molar-refractivity contribution in [1.29, 1.82) is 0 Å². The molecule has 0 radical (unpaired) electrons. The van der Waals surface area contributed by atoms with Crippen LogP contribution in [0.2, 0.25) is 0 Å². The second kappa shape index (κ2) is 15.3. The van der Waals surface area contributed by atoms with Gasteiger partial charge in [-0.05, 0) is 72.1 Å². The van der Waals surface area contributed by atoms with Crippen LogP contribution in [0.5, 0.6) is 0 Å². The minimum Gasteiger partial charge on any atom is -0.481 e. The summed E-state index contributed by atoms with van der Waals surface area (Å²) in [6, 6.07) is 22.4. The molecule has 0 saturated carbocycles. The number of carboxylic acids is 1. The lowest BCUT2D eigenvalue weighted by atomic mass is 9.83. The number of benzene rings is 3. The topological polar surface area (TPSA) is 95.5 Å². The molecule has 3 rings (SSSR count). The quantitative estimate of drug-likeness (QED) is 0.186. The Kier molecular flexibility index (Phi) is 11.8. The lowest BCUT2D eigenvalue weighted by Gasteiger charge is -2.32. The summed E-state index contributed by atoms with van der Waals surface area (Å²) >= 11 is 0. The zero-order chi connectivity index (χ0) is 30.7. The van der Waals surface area contributed by atoms with E-state index < -0.39 is 29.3 Å². The molecule has 0 unspecified atom stereocenters. The molecule has 0 fully saturated rings. The normalized spacial score (nSPS) is 13.5. The number of aliphatic carboxylic acids is 1. The van der Waals surface area contributed by atoms with Crippen LogP contribution in [0.1, 0.15) is 65.4 Å². The standard InChI is InChI=1S/C35H43FN2O4/c1-5-6-10-28(34(41)42)23-27(18-15-24-13-16-25(17-14-24)26-19-21-29(36)22-20-26)32(39)38-31(35(2,3)4)33(40)37-30-11-8-7-9-12-30/h7-9,11-14,16-17,19-22,27-28,31H,5-6,10,15,18,23H2,1-4H3,(H,37,40)(H,38,39)(H,41,42)/t27-,28+,31-/m1/s1. The largest absolute Gasteiger partial charge is 0.481 e. The summed E-state index contributed by atoms with van der Waals surface area (Å²) in [5, 5.41) is 15.8. The molecule has 0 saturated heterocycles. The fourth-order valence-corrected chi connectivity index (χ4v) is 5.01. The van der Waals surface area contributed by atoms with Gasteiger partial charge in [0.15, 0.2) is 0 Å². The third-order valence-electron chi connectivity index (χ3n) is 7.56. The number of carbonyl (C=O) groups excluding carboxylic acids is 2. The Morgan fingerprint density at radius 3 is 1.95 bits per heavy atom. The van der Waals surface area contributed by atoms with Crippen molar-refractivity contribution in [3.63, 3.8) is 0 Å². The van der Waals surface area contributed by atoms with Crippen LogP contribution >= 0.6 is 0 Å². The lowest BCUT2D eigenvalue weighted by molar-refractivity contribution is -0.143. The molecule has 7 heteroatoms. The van der Waals surface area contributed by atoms with Gasteiger partial charge in [0.05, 0.1) is 5.92 Å². The van der Waals surface area contributed by atoms with Gasteiger partial charge >= 0.3 is 5.97 Å². The number of para-hydroxylation sites is 1. The first-order chi connectivity index (χ1) is 20.0. The second-order valence-corrected chi connectivity index (χ2v) is 12.0. The molecule has 0 aromatic heterocycles. The van der Waals surface area contributed by atoms with Gasteiger partial charge in [-0.2, -0.15) is 0 Å². The van der Waals surface area contributed by atoms with E-state index in [-0.39, 0.29) is 24.1 Å². The van der Waals surface area contributed by atoms with E-state index in [4.69, 9.17) is 0 Å². The van der Waals surface area contributed by atoms with Gasteiger partial charge in [-0.3, -0.25) is 14.4 Å². The van der Waals surface area contributed by atoms with E-state index in [2.05, 4.69) is 10.6 Å². The van der Waals surface area contributed by atoms with Crippen molar-refractivity contribution >= 4 is 23.5 Å². The van der Waals surface area contributed by atoms with Crippen LogP contribution in [0, 0.1) is 23.1 Å². The van der Waals surface area contributed by atoms with E-state index in [0.717, 1.165) is 29.5 Å². The molecular weight excluding hydrogens is 531 g/mol. The molecule has 0 spiro atoms. The van der Waals surface area contributed by atoms with Crippen molar-refractivity contribution < 1.29 is 23.9 Å². The molecule has 0 bridgehead atoms. The Hall–Kier alpha value is -4.00. The first kappa shape index (κ1) is 32.5. The van der Waals surface area contributed by atoms with Crippen LogP contribution < -0.4 is 10.6 Å². The van der Waals surface area contributed by atoms with Gasteiger partial charge in [0.1, 0.15) is 11.9 Å². The summed E-state index contributed by atoms with van der Waals surface area (Å²) in [4.78, 5) is 39.2. The molecule has 3 N–H and O–H groups in total. The summed E-state index contributed by atoms with van der Waals surface area (Å²) < 4.78 is 13.3. The number of carboxylic acid groups (broad SMARTS) is 1. The minimum absolute atomic E-state index is 0.200. The molecular formula is C35H43FN2O4. The summed E-state index contributed by atoms with van der Waals surface area (Å²) in [7, 11) is 0. The van der Waals surface area contributed by atoms with Crippen molar-refractivity contribution in [2.24, 2.45) is 17.3 Å². The maximum Gasteiger partial charge on any atom is 0.306 e. The number of rotatable bonds is 14. The van der Waals surface area contributed by atoms with Crippen molar-refractivity contribution in [3.05, 3.63) is 90.2 Å². The van der Waals surface area contributed by atoms with Crippen molar-refractivity contribution in [3.8, 4) is 11.1 Å². The minimum atomic E-state index is -0.904. The van der Waals surface area contributed by atoms with Gasteiger partial charge in [0.2, 0.25) is 11.8 Å². The Labute approximate surface area is 248 Å². The van der Waals surface area contributed by atoms with Crippen LogP contribution in [0.15, 0.2) is 78.9 Å². The molecule has 3 aromatic carbocycles. The zero-order valence-corrected chi connectivity index (χ0v) is 25.0. The maximum atomic E-state index is 13.8. The highest BCUT2D eigenvalue weighted by atomic mass is 19.1. The average Bonchev–Trinajstić information content (AvgIpc) is 2.96. The fraction of sp³-hybridized carbons (Fsp3) is 0.400. The number of hydrogen-bond acceptors (Lipinski definition) is 3.